The molecule has 1 aromatic rings. The van der Waals surface area contributed by atoms with Crippen LogP contribution in [0.4, 0.5) is 0 Å². The Bertz CT molecular complexity index is 521. The Morgan fingerprint density at radius 3 is 2.62 bits per heavy atom. The maximum Gasteiger partial charge on any atom is 0.258 e. The molecule has 0 heterocycles. The fourth-order valence-electron chi connectivity index (χ4n) is 1.64. The molecule has 0 aliphatic rings. The van der Waals surface area contributed by atoms with Gasteiger partial charge in [0.2, 0.25) is 0 Å². The first kappa shape index (κ1) is 18.0. The standard InChI is InChI=1S/C14H17Br2N3O2/c1-2-10(18)5-9-6-11(15)14(12(16)7-9)21-8-13(20)19-4-3-17/h6-7,10H,2,4-5,8,18H2,1H3,(H,19,20). The van der Waals surface area contributed by atoms with Crippen LogP contribution in [-0.4, -0.2) is 25.1 Å². The monoisotopic (exact) mass is 417 g/mol. The molecule has 1 aromatic carbocycles. The Hall–Kier alpha value is -1.10. The van der Waals surface area contributed by atoms with Gasteiger partial charge in [-0.15, -0.1) is 0 Å². The lowest BCUT2D eigenvalue weighted by Crippen LogP contribution is -2.29. The van der Waals surface area contributed by atoms with Crippen molar-refractivity contribution in [2.24, 2.45) is 5.73 Å². The molecule has 3 N–H and O–H groups in total. The number of nitrogens with two attached hydrogens (primary N) is 1. The van der Waals surface area contributed by atoms with E-state index in [1.54, 1.807) is 0 Å². The highest BCUT2D eigenvalue weighted by molar-refractivity contribution is 9.11. The summed E-state index contributed by atoms with van der Waals surface area (Å²) in [6.07, 6.45) is 1.68. The minimum Gasteiger partial charge on any atom is -0.481 e. The lowest BCUT2D eigenvalue weighted by Gasteiger charge is -2.14. The summed E-state index contributed by atoms with van der Waals surface area (Å²) in [4.78, 5) is 11.4. The highest BCUT2D eigenvalue weighted by Crippen LogP contribution is 2.35. The molecule has 1 atom stereocenters. The molecule has 0 saturated carbocycles. The average Bonchev–Trinajstić information content (AvgIpc) is 2.43. The molecule has 1 unspecified atom stereocenters. The first-order valence-electron chi connectivity index (χ1n) is 6.47. The van der Waals surface area contributed by atoms with Crippen molar-refractivity contribution < 1.29 is 9.53 Å². The molecule has 0 aliphatic carbocycles. The minimum absolute atomic E-state index is 0.0294. The van der Waals surface area contributed by atoms with E-state index in [2.05, 4.69) is 37.2 Å². The quantitative estimate of drug-likeness (QED) is 0.666. The lowest BCUT2D eigenvalue weighted by molar-refractivity contribution is -0.122. The van der Waals surface area contributed by atoms with Gasteiger partial charge >= 0.3 is 0 Å². The van der Waals surface area contributed by atoms with E-state index < -0.39 is 0 Å². The predicted octanol–water partition coefficient (Wildman–Crippen LogP) is 2.51. The van der Waals surface area contributed by atoms with Crippen molar-refractivity contribution in [3.8, 4) is 11.8 Å². The molecule has 0 radical (unpaired) electrons. The Morgan fingerprint density at radius 2 is 2.10 bits per heavy atom. The molecule has 0 bridgehead atoms. The SMILES string of the molecule is CCC(N)Cc1cc(Br)c(OCC(=O)NCC#N)c(Br)c1. The van der Waals surface area contributed by atoms with Crippen molar-refractivity contribution in [2.45, 2.75) is 25.8 Å². The Labute approximate surface area is 141 Å². The third kappa shape index (κ3) is 6.04. The van der Waals surface area contributed by atoms with Gasteiger partial charge in [0, 0.05) is 6.04 Å². The summed E-state index contributed by atoms with van der Waals surface area (Å²) in [7, 11) is 0. The molecule has 1 amide bonds. The number of hydrogen-bond donors (Lipinski definition) is 2. The second-order valence-electron chi connectivity index (χ2n) is 4.48. The van der Waals surface area contributed by atoms with E-state index in [1.807, 2.05) is 25.1 Å². The number of halogens is 2. The summed E-state index contributed by atoms with van der Waals surface area (Å²) in [6, 6.07) is 5.82. The second kappa shape index (κ2) is 9.03. The van der Waals surface area contributed by atoms with Crippen LogP contribution in [-0.2, 0) is 11.2 Å². The summed E-state index contributed by atoms with van der Waals surface area (Å²) >= 11 is 6.87. The zero-order valence-corrected chi connectivity index (χ0v) is 14.8. The maximum absolute atomic E-state index is 11.4. The highest BCUT2D eigenvalue weighted by Gasteiger charge is 2.12. The van der Waals surface area contributed by atoms with Crippen LogP contribution in [0.3, 0.4) is 0 Å². The topological polar surface area (TPSA) is 88.1 Å². The maximum atomic E-state index is 11.4. The van der Waals surface area contributed by atoms with Crippen LogP contribution < -0.4 is 15.8 Å². The summed E-state index contributed by atoms with van der Waals surface area (Å²) in [5, 5.41) is 10.8. The molecule has 7 heteroatoms. The number of nitriles is 1. The fourth-order valence-corrected chi connectivity index (χ4v) is 3.15. The van der Waals surface area contributed by atoms with E-state index in [1.165, 1.54) is 0 Å². The van der Waals surface area contributed by atoms with Crippen LogP contribution in [0.2, 0.25) is 0 Å². The number of nitrogens with one attached hydrogen (secondary N) is 1. The fraction of sp³-hybridized carbons (Fsp3) is 0.429. The summed E-state index contributed by atoms with van der Waals surface area (Å²) in [5.74, 6) is 0.211. The summed E-state index contributed by atoms with van der Waals surface area (Å²) in [6.45, 7) is 1.87. The van der Waals surface area contributed by atoms with Gasteiger partial charge in [-0.05, 0) is 62.4 Å². The Kier molecular flexibility index (Phi) is 7.72. The van der Waals surface area contributed by atoms with Crippen LogP contribution in [0.15, 0.2) is 21.1 Å². The van der Waals surface area contributed by atoms with E-state index in [-0.39, 0.29) is 25.1 Å². The molecule has 0 spiro atoms. The van der Waals surface area contributed by atoms with Crippen molar-refractivity contribution in [1.29, 1.82) is 5.26 Å². The number of carbonyl (C=O) groups excluding carboxylic acids is 1. The van der Waals surface area contributed by atoms with Crippen LogP contribution in [0, 0.1) is 11.3 Å². The van der Waals surface area contributed by atoms with Crippen LogP contribution in [0.5, 0.6) is 5.75 Å². The molecule has 0 aromatic heterocycles. The summed E-state index contributed by atoms with van der Waals surface area (Å²) < 4.78 is 6.97. The first-order chi connectivity index (χ1) is 9.97. The van der Waals surface area contributed by atoms with Gasteiger partial charge in [-0.3, -0.25) is 4.79 Å². The molecular weight excluding hydrogens is 402 g/mol. The summed E-state index contributed by atoms with van der Waals surface area (Å²) in [5.41, 5.74) is 7.03. The van der Waals surface area contributed by atoms with Crippen molar-refractivity contribution in [1.82, 2.24) is 5.32 Å². The first-order valence-corrected chi connectivity index (χ1v) is 8.06. The van der Waals surface area contributed by atoms with E-state index in [0.717, 1.165) is 27.4 Å². The molecule has 5 nitrogen and oxygen atoms in total. The number of hydrogen-bond acceptors (Lipinski definition) is 4. The van der Waals surface area contributed by atoms with Gasteiger partial charge in [0.15, 0.2) is 6.61 Å². The van der Waals surface area contributed by atoms with Crippen LogP contribution in [0.25, 0.3) is 0 Å². The van der Waals surface area contributed by atoms with Gasteiger partial charge in [-0.2, -0.15) is 5.26 Å². The number of ether oxygens (including phenoxy) is 1. The highest BCUT2D eigenvalue weighted by atomic mass is 79.9. The second-order valence-corrected chi connectivity index (χ2v) is 6.19. The number of benzene rings is 1. The van der Waals surface area contributed by atoms with Crippen LogP contribution >= 0.6 is 31.9 Å². The van der Waals surface area contributed by atoms with Crippen molar-refractivity contribution in [3.63, 3.8) is 0 Å². The van der Waals surface area contributed by atoms with E-state index in [9.17, 15) is 4.79 Å². The number of carbonyl (C=O) groups is 1. The molecular formula is C14H17Br2N3O2. The molecule has 0 saturated heterocycles. The van der Waals surface area contributed by atoms with Gasteiger partial charge in [-0.1, -0.05) is 6.92 Å². The zero-order valence-electron chi connectivity index (χ0n) is 11.7. The van der Waals surface area contributed by atoms with Gasteiger partial charge in [0.1, 0.15) is 12.3 Å². The minimum atomic E-state index is -0.340. The molecule has 0 aliphatic heterocycles. The zero-order chi connectivity index (χ0) is 15.8. The third-order valence-corrected chi connectivity index (χ3v) is 3.97. The third-order valence-electron chi connectivity index (χ3n) is 2.79. The largest absolute Gasteiger partial charge is 0.481 e. The van der Waals surface area contributed by atoms with Crippen molar-refractivity contribution in [3.05, 3.63) is 26.6 Å². The van der Waals surface area contributed by atoms with E-state index in [0.29, 0.717) is 5.75 Å². The van der Waals surface area contributed by atoms with Crippen LogP contribution in [0.1, 0.15) is 18.9 Å². The molecule has 114 valence electrons. The van der Waals surface area contributed by atoms with E-state index in [4.69, 9.17) is 15.7 Å². The van der Waals surface area contributed by atoms with E-state index >= 15 is 0 Å². The van der Waals surface area contributed by atoms with Gasteiger partial charge in [0.05, 0.1) is 15.0 Å². The number of nitrogens with zero attached hydrogens (tertiary/aromatic N) is 1. The van der Waals surface area contributed by atoms with Crippen molar-refractivity contribution >= 4 is 37.8 Å². The van der Waals surface area contributed by atoms with Gasteiger partial charge < -0.3 is 15.8 Å². The Morgan fingerprint density at radius 1 is 1.48 bits per heavy atom. The normalized spacial score (nSPS) is 11.6. The number of amides is 1. The molecule has 0 fully saturated rings. The molecule has 1 rings (SSSR count). The number of rotatable bonds is 7. The smallest absolute Gasteiger partial charge is 0.258 e. The van der Waals surface area contributed by atoms with Crippen molar-refractivity contribution in [2.75, 3.05) is 13.2 Å². The lowest BCUT2D eigenvalue weighted by atomic mass is 10.0. The van der Waals surface area contributed by atoms with Gasteiger partial charge in [0.25, 0.3) is 5.91 Å². The Balaban J connectivity index is 2.72. The molecule has 21 heavy (non-hydrogen) atoms. The average molecular weight is 419 g/mol. The van der Waals surface area contributed by atoms with Gasteiger partial charge in [-0.25, -0.2) is 0 Å². The predicted molar refractivity (Wildman–Crippen MR) is 87.9 cm³/mol.